The number of hydrogen-bond donors (Lipinski definition) is 3. The Balaban J connectivity index is 3.10. The van der Waals surface area contributed by atoms with Crippen LogP contribution in [0.1, 0.15) is 28.7 Å². The predicted octanol–water partition coefficient (Wildman–Crippen LogP) is -0.116. The van der Waals surface area contributed by atoms with Gasteiger partial charge in [-0.15, -0.1) is 0 Å². The summed E-state index contributed by atoms with van der Waals surface area (Å²) in [5, 5.41) is 6.70. The molecule has 0 fully saturated rings. The van der Waals surface area contributed by atoms with E-state index in [0.29, 0.717) is 12.0 Å². The van der Waals surface area contributed by atoms with E-state index in [9.17, 15) is 4.79 Å². The highest BCUT2D eigenvalue weighted by Gasteiger charge is 2.14. The van der Waals surface area contributed by atoms with Gasteiger partial charge < -0.3 is 0 Å². The molecule has 0 radical (unpaired) electrons. The first kappa shape index (κ1) is 8.73. The van der Waals surface area contributed by atoms with Crippen molar-refractivity contribution < 1.29 is 4.79 Å². The first-order valence-electron chi connectivity index (χ1n) is 3.75. The second kappa shape index (κ2) is 3.36. The molecule has 0 aliphatic rings. The van der Waals surface area contributed by atoms with Gasteiger partial charge in [0, 0.05) is 5.69 Å². The van der Waals surface area contributed by atoms with Crippen molar-refractivity contribution in [2.45, 2.75) is 20.3 Å². The molecule has 1 rings (SSSR count). The zero-order valence-corrected chi connectivity index (χ0v) is 7.14. The molecule has 0 saturated heterocycles. The molecular weight excluding hydrogens is 156 g/mol. The minimum Gasteiger partial charge on any atom is -0.290 e. The maximum absolute atomic E-state index is 11.2. The molecule has 66 valence electrons. The predicted molar refractivity (Wildman–Crippen MR) is 44.4 cm³/mol. The Morgan fingerprint density at radius 3 is 2.92 bits per heavy atom. The van der Waals surface area contributed by atoms with Crippen molar-refractivity contribution in [3.63, 3.8) is 0 Å². The quantitative estimate of drug-likeness (QED) is 0.327. The van der Waals surface area contributed by atoms with Gasteiger partial charge in [-0.3, -0.25) is 15.3 Å². The van der Waals surface area contributed by atoms with E-state index in [-0.39, 0.29) is 5.91 Å². The number of nitrogens with zero attached hydrogens (tertiary/aromatic N) is 1. The fourth-order valence-electron chi connectivity index (χ4n) is 1.11. The molecule has 5 nitrogen and oxygen atoms in total. The maximum Gasteiger partial charge on any atom is 0.268 e. The summed E-state index contributed by atoms with van der Waals surface area (Å²) in [7, 11) is 0. The number of nitrogens with two attached hydrogens (primary N) is 1. The zero-order valence-electron chi connectivity index (χ0n) is 7.14. The van der Waals surface area contributed by atoms with Crippen molar-refractivity contribution in [2.24, 2.45) is 5.84 Å². The maximum atomic E-state index is 11.2. The van der Waals surface area contributed by atoms with Crippen LogP contribution in [0.5, 0.6) is 0 Å². The lowest BCUT2D eigenvalue weighted by atomic mass is 10.1. The van der Waals surface area contributed by atoms with Crippen LogP contribution in [-0.4, -0.2) is 16.1 Å². The van der Waals surface area contributed by atoms with E-state index >= 15 is 0 Å². The van der Waals surface area contributed by atoms with Gasteiger partial charge in [0.1, 0.15) is 0 Å². The smallest absolute Gasteiger partial charge is 0.268 e. The fourth-order valence-corrected chi connectivity index (χ4v) is 1.11. The van der Waals surface area contributed by atoms with Crippen LogP contribution in [0.2, 0.25) is 0 Å². The highest BCUT2D eigenvalue weighted by molar-refractivity contribution is 5.95. The third-order valence-corrected chi connectivity index (χ3v) is 1.72. The second-order valence-electron chi connectivity index (χ2n) is 2.50. The van der Waals surface area contributed by atoms with Gasteiger partial charge in [0.15, 0.2) is 0 Å². The highest BCUT2D eigenvalue weighted by Crippen LogP contribution is 2.09. The van der Waals surface area contributed by atoms with Gasteiger partial charge in [0.05, 0.1) is 11.3 Å². The van der Waals surface area contributed by atoms with Gasteiger partial charge in [-0.25, -0.2) is 5.84 Å². The van der Waals surface area contributed by atoms with Crippen LogP contribution in [0.25, 0.3) is 0 Å². The Labute approximate surface area is 70.3 Å². The number of aryl methyl sites for hydroxylation is 2. The molecule has 0 unspecified atom stereocenters. The molecule has 1 aromatic rings. The number of aromatic nitrogens is 2. The van der Waals surface area contributed by atoms with Crippen molar-refractivity contribution in [3.05, 3.63) is 17.0 Å². The Bertz CT molecular complexity index is 292. The third kappa shape index (κ3) is 1.31. The largest absolute Gasteiger partial charge is 0.290 e. The summed E-state index contributed by atoms with van der Waals surface area (Å²) in [4.78, 5) is 11.2. The lowest BCUT2D eigenvalue weighted by Crippen LogP contribution is -2.30. The zero-order chi connectivity index (χ0) is 9.14. The lowest BCUT2D eigenvalue weighted by Gasteiger charge is -1.98. The molecule has 12 heavy (non-hydrogen) atoms. The van der Waals surface area contributed by atoms with E-state index < -0.39 is 0 Å². The van der Waals surface area contributed by atoms with E-state index in [4.69, 9.17) is 5.84 Å². The fraction of sp³-hybridized carbons (Fsp3) is 0.429. The molecule has 0 aromatic carbocycles. The van der Waals surface area contributed by atoms with Crippen molar-refractivity contribution in [1.29, 1.82) is 0 Å². The summed E-state index contributed by atoms with van der Waals surface area (Å²) in [6.07, 6.45) is 0.715. The summed E-state index contributed by atoms with van der Waals surface area (Å²) in [6, 6.07) is 0. The number of aromatic amines is 1. The molecule has 5 heteroatoms. The summed E-state index contributed by atoms with van der Waals surface area (Å²) < 4.78 is 0. The lowest BCUT2D eigenvalue weighted by molar-refractivity contribution is 0.0952. The van der Waals surface area contributed by atoms with Crippen molar-refractivity contribution in [1.82, 2.24) is 15.6 Å². The van der Waals surface area contributed by atoms with Gasteiger partial charge in [0.2, 0.25) is 0 Å². The monoisotopic (exact) mass is 168 g/mol. The summed E-state index contributed by atoms with van der Waals surface area (Å²) >= 11 is 0. The number of hydrazine groups is 1. The number of rotatable bonds is 2. The number of amides is 1. The Hall–Kier alpha value is -1.36. The standard InChI is InChI=1S/C7H12N4O/c1-3-5-6(7(12)9-8)4(2)10-11-5/h3,8H2,1-2H3,(H,9,12)(H,10,11). The van der Waals surface area contributed by atoms with Crippen LogP contribution in [0.4, 0.5) is 0 Å². The molecule has 0 atom stereocenters. The van der Waals surface area contributed by atoms with E-state index in [1.807, 2.05) is 6.92 Å². The SMILES string of the molecule is CCc1n[nH]c(C)c1C(=O)NN. The molecule has 0 saturated carbocycles. The number of carbonyl (C=O) groups is 1. The van der Waals surface area contributed by atoms with Crippen LogP contribution >= 0.6 is 0 Å². The number of hydrogen-bond acceptors (Lipinski definition) is 3. The topological polar surface area (TPSA) is 83.8 Å². The Morgan fingerprint density at radius 2 is 2.42 bits per heavy atom. The van der Waals surface area contributed by atoms with Crippen LogP contribution in [0.15, 0.2) is 0 Å². The highest BCUT2D eigenvalue weighted by atomic mass is 16.2. The van der Waals surface area contributed by atoms with E-state index in [1.54, 1.807) is 6.92 Å². The molecular formula is C7H12N4O. The average molecular weight is 168 g/mol. The molecule has 1 heterocycles. The van der Waals surface area contributed by atoms with E-state index in [2.05, 4.69) is 15.6 Å². The number of nitrogens with one attached hydrogen (secondary N) is 2. The van der Waals surface area contributed by atoms with Crippen LogP contribution in [0.3, 0.4) is 0 Å². The van der Waals surface area contributed by atoms with Crippen molar-refractivity contribution >= 4 is 5.91 Å². The molecule has 1 amide bonds. The van der Waals surface area contributed by atoms with E-state index in [1.165, 1.54) is 0 Å². The Kier molecular flexibility index (Phi) is 2.44. The Morgan fingerprint density at radius 1 is 1.75 bits per heavy atom. The number of carbonyl (C=O) groups excluding carboxylic acids is 1. The summed E-state index contributed by atoms with van der Waals surface area (Å²) in [5.41, 5.74) is 4.13. The first-order valence-corrected chi connectivity index (χ1v) is 3.75. The summed E-state index contributed by atoms with van der Waals surface area (Å²) in [5.74, 6) is 4.72. The molecule has 0 spiro atoms. The minimum absolute atomic E-state index is 0.293. The molecule has 0 aliphatic carbocycles. The van der Waals surface area contributed by atoms with Crippen LogP contribution < -0.4 is 11.3 Å². The van der Waals surface area contributed by atoms with E-state index in [0.717, 1.165) is 11.4 Å². The van der Waals surface area contributed by atoms with Gasteiger partial charge in [-0.05, 0) is 13.3 Å². The third-order valence-electron chi connectivity index (χ3n) is 1.72. The van der Waals surface area contributed by atoms with Gasteiger partial charge >= 0.3 is 0 Å². The van der Waals surface area contributed by atoms with Crippen molar-refractivity contribution in [2.75, 3.05) is 0 Å². The first-order chi connectivity index (χ1) is 5.70. The number of H-pyrrole nitrogens is 1. The number of nitrogen functional groups attached to an aromatic ring is 1. The van der Waals surface area contributed by atoms with Gasteiger partial charge in [-0.1, -0.05) is 6.92 Å². The average Bonchev–Trinajstić information content (AvgIpc) is 2.45. The van der Waals surface area contributed by atoms with Gasteiger partial charge in [-0.2, -0.15) is 5.10 Å². The van der Waals surface area contributed by atoms with Crippen molar-refractivity contribution in [3.8, 4) is 0 Å². The van der Waals surface area contributed by atoms with Crippen LogP contribution in [0, 0.1) is 6.92 Å². The molecule has 0 bridgehead atoms. The molecule has 1 aromatic heterocycles. The molecule has 4 N–H and O–H groups in total. The normalized spacial score (nSPS) is 9.92. The second-order valence-corrected chi connectivity index (χ2v) is 2.50. The van der Waals surface area contributed by atoms with Gasteiger partial charge in [0.25, 0.3) is 5.91 Å². The molecule has 0 aliphatic heterocycles. The minimum atomic E-state index is -0.293. The summed E-state index contributed by atoms with van der Waals surface area (Å²) in [6.45, 7) is 3.72. The van der Waals surface area contributed by atoms with Crippen LogP contribution in [-0.2, 0) is 6.42 Å².